The fourth-order valence-electron chi connectivity index (χ4n) is 5.63. The van der Waals surface area contributed by atoms with Gasteiger partial charge in [-0.1, -0.05) is 19.1 Å². The van der Waals surface area contributed by atoms with Crippen molar-refractivity contribution in [1.29, 1.82) is 0 Å². The SMILES string of the molecule is C=CCn1c(=O)c2cnc(Nc3ccc(N4CCN(C)CC4)c(F)c3)nc2n1-c1ccc2c(n1)[C@@](O)(CC)CC2. The van der Waals surface area contributed by atoms with Crippen LogP contribution in [-0.4, -0.2) is 67.5 Å². The van der Waals surface area contributed by atoms with Crippen LogP contribution in [0.4, 0.5) is 21.7 Å². The minimum atomic E-state index is -1.00. The van der Waals surface area contributed by atoms with Gasteiger partial charge in [-0.05, 0) is 56.1 Å². The number of piperazine rings is 1. The molecule has 0 amide bonds. The van der Waals surface area contributed by atoms with Gasteiger partial charge in [0.05, 0.1) is 17.9 Å². The number of pyridine rings is 1. The molecule has 0 radical (unpaired) electrons. The lowest BCUT2D eigenvalue weighted by Gasteiger charge is -2.34. The van der Waals surface area contributed by atoms with E-state index in [0.29, 0.717) is 46.8 Å². The van der Waals surface area contributed by atoms with E-state index < -0.39 is 5.60 Å². The third kappa shape index (κ3) is 4.44. The average molecular weight is 545 g/mol. The quantitative estimate of drug-likeness (QED) is 0.342. The van der Waals surface area contributed by atoms with Gasteiger partial charge in [0.1, 0.15) is 16.8 Å². The molecule has 1 aliphatic carbocycles. The first-order valence-corrected chi connectivity index (χ1v) is 13.6. The van der Waals surface area contributed by atoms with Gasteiger partial charge in [0.15, 0.2) is 11.5 Å². The summed E-state index contributed by atoms with van der Waals surface area (Å²) in [6.45, 7) is 9.28. The number of aromatic nitrogens is 5. The highest BCUT2D eigenvalue weighted by Gasteiger charge is 2.37. The standard InChI is InChI=1S/C29H33FN8O2/c1-4-12-37-27(39)21-18-31-28(32-20-7-8-23(22(30)17-20)36-15-13-35(3)14-16-36)34-26(21)38(37)24-9-6-19-10-11-29(40,5-2)25(19)33-24/h4,6-9,17-18,40H,1,5,10-16H2,2-3H3,(H,31,32,34)/t29-/m1/s1. The number of hydrogen-bond donors (Lipinski definition) is 2. The number of fused-ring (bicyclic) bond motifs is 2. The van der Waals surface area contributed by atoms with Crippen molar-refractivity contribution in [1.82, 2.24) is 29.2 Å². The molecule has 1 saturated heterocycles. The molecule has 10 nitrogen and oxygen atoms in total. The van der Waals surface area contributed by atoms with Crippen LogP contribution in [0.2, 0.25) is 0 Å². The van der Waals surface area contributed by atoms with Crippen molar-refractivity contribution in [3.8, 4) is 5.82 Å². The molecule has 1 aliphatic heterocycles. The number of aryl methyl sites for hydroxylation is 1. The van der Waals surface area contributed by atoms with Crippen molar-refractivity contribution in [2.45, 2.75) is 38.3 Å². The highest BCUT2D eigenvalue weighted by Crippen LogP contribution is 2.38. The third-order valence-electron chi connectivity index (χ3n) is 8.04. The Balaban J connectivity index is 1.38. The lowest BCUT2D eigenvalue weighted by molar-refractivity contribution is 0.0306. The van der Waals surface area contributed by atoms with Crippen LogP contribution in [0.15, 0.2) is 54.0 Å². The van der Waals surface area contributed by atoms with Gasteiger partial charge in [-0.2, -0.15) is 4.98 Å². The molecule has 40 heavy (non-hydrogen) atoms. The second-order valence-corrected chi connectivity index (χ2v) is 10.6. The van der Waals surface area contributed by atoms with Gasteiger partial charge in [0.25, 0.3) is 5.56 Å². The highest BCUT2D eigenvalue weighted by atomic mass is 19.1. The van der Waals surface area contributed by atoms with Crippen molar-refractivity contribution in [3.63, 3.8) is 0 Å². The molecule has 0 spiro atoms. The van der Waals surface area contributed by atoms with E-state index in [9.17, 15) is 9.90 Å². The summed E-state index contributed by atoms with van der Waals surface area (Å²) in [7, 11) is 2.06. The Morgan fingerprint density at radius 3 is 2.70 bits per heavy atom. The third-order valence-corrected chi connectivity index (χ3v) is 8.04. The Hall–Kier alpha value is -4.09. The van der Waals surface area contributed by atoms with Crippen LogP contribution >= 0.6 is 0 Å². The fraction of sp³-hybridized carbons (Fsp3) is 0.379. The second-order valence-electron chi connectivity index (χ2n) is 10.6. The van der Waals surface area contributed by atoms with E-state index in [1.54, 1.807) is 22.9 Å². The minimum Gasteiger partial charge on any atom is -0.384 e. The van der Waals surface area contributed by atoms with Crippen molar-refractivity contribution in [2.75, 3.05) is 43.4 Å². The van der Waals surface area contributed by atoms with E-state index in [4.69, 9.17) is 4.98 Å². The minimum absolute atomic E-state index is 0.218. The summed E-state index contributed by atoms with van der Waals surface area (Å²) < 4.78 is 18.2. The highest BCUT2D eigenvalue weighted by molar-refractivity contribution is 5.77. The van der Waals surface area contributed by atoms with Crippen LogP contribution in [0, 0.1) is 5.82 Å². The molecule has 1 atom stereocenters. The average Bonchev–Trinajstić information content (AvgIpc) is 3.43. The molecule has 1 fully saturated rings. The number of allylic oxidation sites excluding steroid dienone is 1. The Kier molecular flexibility index (Phi) is 6.63. The summed E-state index contributed by atoms with van der Waals surface area (Å²) in [6.07, 6.45) is 5.00. The molecule has 11 heteroatoms. The Labute approximate surface area is 231 Å². The topological polar surface area (TPSA) is 104 Å². The van der Waals surface area contributed by atoms with Gasteiger partial charge in [-0.25, -0.2) is 23.7 Å². The monoisotopic (exact) mass is 544 g/mol. The smallest absolute Gasteiger partial charge is 0.278 e. The molecule has 0 bridgehead atoms. The summed E-state index contributed by atoms with van der Waals surface area (Å²) >= 11 is 0. The summed E-state index contributed by atoms with van der Waals surface area (Å²) in [5.74, 6) is 0.360. The van der Waals surface area contributed by atoms with Crippen LogP contribution in [0.1, 0.15) is 31.0 Å². The molecule has 4 aromatic rings. The molecule has 4 heterocycles. The molecule has 6 rings (SSSR count). The number of nitrogens with one attached hydrogen (secondary N) is 1. The predicted octanol–water partition coefficient (Wildman–Crippen LogP) is 3.34. The van der Waals surface area contributed by atoms with E-state index in [0.717, 1.165) is 38.2 Å². The summed E-state index contributed by atoms with van der Waals surface area (Å²) in [5.41, 5.74) is 1.77. The zero-order valence-electron chi connectivity index (χ0n) is 22.8. The first kappa shape index (κ1) is 26.1. The number of rotatable bonds is 7. The van der Waals surface area contributed by atoms with E-state index >= 15 is 4.39 Å². The molecule has 0 saturated carbocycles. The molecule has 0 unspecified atom stereocenters. The molecular formula is C29H33FN8O2. The maximum absolute atomic E-state index is 15.1. The van der Waals surface area contributed by atoms with Crippen LogP contribution in [-0.2, 0) is 18.6 Å². The van der Waals surface area contributed by atoms with Crippen molar-refractivity contribution < 1.29 is 9.50 Å². The number of hydrogen-bond acceptors (Lipinski definition) is 8. The lowest BCUT2D eigenvalue weighted by Crippen LogP contribution is -2.44. The summed E-state index contributed by atoms with van der Waals surface area (Å²) in [6, 6.07) is 8.78. The number of aliphatic hydroxyl groups is 1. The van der Waals surface area contributed by atoms with Crippen molar-refractivity contribution in [2.24, 2.45) is 0 Å². The number of nitrogens with zero attached hydrogens (tertiary/aromatic N) is 7. The molecule has 1 aromatic carbocycles. The van der Waals surface area contributed by atoms with Crippen molar-refractivity contribution >= 4 is 28.4 Å². The first-order valence-electron chi connectivity index (χ1n) is 13.6. The van der Waals surface area contributed by atoms with Crippen LogP contribution in [0.5, 0.6) is 0 Å². The van der Waals surface area contributed by atoms with Gasteiger partial charge >= 0.3 is 0 Å². The Morgan fingerprint density at radius 1 is 1.18 bits per heavy atom. The van der Waals surface area contributed by atoms with E-state index in [1.807, 2.05) is 24.0 Å². The number of likely N-dealkylation sites (N-methyl/N-ethyl adjacent to an activating group) is 1. The Bertz CT molecular complexity index is 1660. The molecule has 2 aliphatic rings. The molecule has 2 N–H and O–H groups in total. The van der Waals surface area contributed by atoms with Crippen LogP contribution in [0.25, 0.3) is 16.9 Å². The maximum Gasteiger partial charge on any atom is 0.278 e. The largest absolute Gasteiger partial charge is 0.384 e. The van der Waals surface area contributed by atoms with Gasteiger partial charge in [-0.15, -0.1) is 6.58 Å². The van der Waals surface area contributed by atoms with Crippen molar-refractivity contribution in [3.05, 3.63) is 76.6 Å². The first-order chi connectivity index (χ1) is 19.3. The molecule has 3 aromatic heterocycles. The summed E-state index contributed by atoms with van der Waals surface area (Å²) in [5, 5.41) is 14.5. The number of benzene rings is 1. The molecule has 208 valence electrons. The van der Waals surface area contributed by atoms with E-state index in [-0.39, 0.29) is 23.9 Å². The fourth-order valence-corrected chi connectivity index (χ4v) is 5.63. The number of halogens is 1. The maximum atomic E-state index is 15.1. The van der Waals surface area contributed by atoms with Crippen LogP contribution in [0.3, 0.4) is 0 Å². The van der Waals surface area contributed by atoms with E-state index in [2.05, 4.69) is 33.8 Å². The summed E-state index contributed by atoms with van der Waals surface area (Å²) in [4.78, 5) is 31.4. The van der Waals surface area contributed by atoms with Gasteiger partial charge in [0.2, 0.25) is 5.95 Å². The van der Waals surface area contributed by atoms with Gasteiger partial charge in [0, 0.05) is 38.1 Å². The van der Waals surface area contributed by atoms with E-state index in [1.165, 1.54) is 16.9 Å². The lowest BCUT2D eigenvalue weighted by atomic mass is 9.98. The van der Waals surface area contributed by atoms with Gasteiger partial charge < -0.3 is 20.2 Å². The number of anilines is 3. The zero-order valence-corrected chi connectivity index (χ0v) is 22.8. The normalized spacial score (nSPS) is 19.2. The van der Waals surface area contributed by atoms with Crippen LogP contribution < -0.4 is 15.8 Å². The second kappa shape index (κ2) is 10.1. The van der Waals surface area contributed by atoms with Gasteiger partial charge in [-0.3, -0.25) is 4.79 Å². The molecular weight excluding hydrogens is 511 g/mol. The predicted molar refractivity (Wildman–Crippen MR) is 153 cm³/mol. The zero-order chi connectivity index (χ0) is 28.0. The Morgan fingerprint density at radius 2 is 1.98 bits per heavy atom.